The zero-order valence-corrected chi connectivity index (χ0v) is 38.5. The first-order valence-corrected chi connectivity index (χ1v) is 21.9. The summed E-state index contributed by atoms with van der Waals surface area (Å²) in [6, 6.07) is 27.5. The number of fused-ring (bicyclic) bond motifs is 2. The summed E-state index contributed by atoms with van der Waals surface area (Å²) in [5, 5.41) is 0. The van der Waals surface area contributed by atoms with E-state index in [1.807, 2.05) is 83.8 Å². The van der Waals surface area contributed by atoms with E-state index in [1.165, 1.54) is 21.3 Å². The van der Waals surface area contributed by atoms with Crippen LogP contribution in [0, 0.1) is 48.4 Å². The van der Waals surface area contributed by atoms with E-state index in [-0.39, 0.29) is 23.9 Å². The Bertz CT molecular complexity index is 2760. The topological polar surface area (TPSA) is 146 Å². The number of hydrogen-bond donors (Lipinski definition) is 0. The van der Waals surface area contributed by atoms with E-state index in [9.17, 15) is 14.4 Å². The Morgan fingerprint density at radius 3 is 1.46 bits per heavy atom. The van der Waals surface area contributed by atoms with Gasteiger partial charge in [0, 0.05) is 87.5 Å². The molecular formula is C54H52N6O8. The van der Waals surface area contributed by atoms with Gasteiger partial charge in [0.1, 0.15) is 22.9 Å². The molecular weight excluding hydrogens is 861 g/mol. The van der Waals surface area contributed by atoms with Crippen LogP contribution in [0.25, 0.3) is 0 Å². The molecule has 6 rings (SSSR count). The highest BCUT2D eigenvalue weighted by molar-refractivity contribution is 5.88. The van der Waals surface area contributed by atoms with E-state index in [2.05, 4.69) is 45.3 Å². The molecule has 3 aromatic heterocycles. The molecule has 14 heteroatoms. The fraction of sp³-hybridized carbons (Fsp3) is 0.296. The Morgan fingerprint density at radius 1 is 0.544 bits per heavy atom. The van der Waals surface area contributed by atoms with Crippen LogP contribution in [0.2, 0.25) is 0 Å². The number of benzene rings is 2. The molecule has 346 valence electrons. The van der Waals surface area contributed by atoms with Crippen molar-refractivity contribution in [1.82, 2.24) is 29.7 Å². The number of nitrogens with zero attached hydrogens (tertiary/aromatic N) is 6. The second-order valence-corrected chi connectivity index (χ2v) is 15.5. The van der Waals surface area contributed by atoms with Crippen LogP contribution in [0.5, 0.6) is 11.5 Å². The average molecular weight is 913 g/mol. The molecule has 0 N–H and O–H groups in total. The van der Waals surface area contributed by atoms with Gasteiger partial charge >= 0.3 is 17.9 Å². The summed E-state index contributed by atoms with van der Waals surface area (Å²) in [6.07, 6.45) is 11.7. The minimum absolute atomic E-state index is 0.0660. The van der Waals surface area contributed by atoms with Crippen LogP contribution in [0.1, 0.15) is 78.8 Å². The van der Waals surface area contributed by atoms with Gasteiger partial charge in [-0.15, -0.1) is 24.7 Å². The predicted molar refractivity (Wildman–Crippen MR) is 255 cm³/mol. The lowest BCUT2D eigenvalue weighted by Crippen LogP contribution is -2.41. The van der Waals surface area contributed by atoms with Gasteiger partial charge in [-0.25, -0.2) is 19.6 Å². The van der Waals surface area contributed by atoms with Crippen molar-refractivity contribution in [1.29, 1.82) is 0 Å². The van der Waals surface area contributed by atoms with Crippen LogP contribution in [0.4, 0.5) is 0 Å². The SMILES string of the molecule is C#CCCOc1ccc(C#Cc2cc(CN3CCN(CC(=O)OC)Cc4cccc(n4)CN(Cc4cc(C#Cc5ccc(OCCC#C)cc5)cc(C(=O)OC)n4)CC3)nc(C(=O)OC)c2)cc1. The van der Waals surface area contributed by atoms with Gasteiger partial charge in [0.2, 0.25) is 0 Å². The molecule has 0 unspecified atom stereocenters. The number of ether oxygens (including phenoxy) is 5. The van der Waals surface area contributed by atoms with Gasteiger partial charge in [-0.3, -0.25) is 24.5 Å². The number of terminal acetylenes is 2. The van der Waals surface area contributed by atoms with Crippen LogP contribution in [-0.4, -0.2) is 115 Å². The number of methoxy groups -OCH3 is 3. The zero-order chi connectivity index (χ0) is 48.1. The number of carbonyl (C=O) groups excluding carboxylic acids is 3. The highest BCUT2D eigenvalue weighted by atomic mass is 16.5. The molecule has 0 atom stereocenters. The van der Waals surface area contributed by atoms with Crippen molar-refractivity contribution in [3.8, 4) is 59.9 Å². The van der Waals surface area contributed by atoms with Gasteiger partial charge < -0.3 is 23.7 Å². The average Bonchev–Trinajstić information content (AvgIpc) is 3.35. The molecule has 0 spiro atoms. The second-order valence-electron chi connectivity index (χ2n) is 15.5. The predicted octanol–water partition coefficient (Wildman–Crippen LogP) is 5.54. The van der Waals surface area contributed by atoms with Gasteiger partial charge in [0.25, 0.3) is 0 Å². The van der Waals surface area contributed by atoms with Crippen LogP contribution < -0.4 is 9.47 Å². The van der Waals surface area contributed by atoms with Crippen LogP contribution in [0.3, 0.4) is 0 Å². The Morgan fingerprint density at radius 2 is 0.985 bits per heavy atom. The first-order valence-electron chi connectivity index (χ1n) is 21.9. The highest BCUT2D eigenvalue weighted by Gasteiger charge is 2.21. The van der Waals surface area contributed by atoms with Gasteiger partial charge in [-0.1, -0.05) is 29.7 Å². The number of pyridine rings is 3. The molecule has 0 radical (unpaired) electrons. The number of carbonyl (C=O) groups is 3. The van der Waals surface area contributed by atoms with Crippen LogP contribution in [0.15, 0.2) is 91.0 Å². The number of aromatic nitrogens is 3. The van der Waals surface area contributed by atoms with Crippen molar-refractivity contribution in [3.05, 3.63) is 147 Å². The lowest BCUT2D eigenvalue weighted by atomic mass is 10.1. The summed E-state index contributed by atoms with van der Waals surface area (Å²) in [7, 11) is 4.00. The molecule has 0 fully saturated rings. The maximum absolute atomic E-state index is 12.9. The molecule has 68 heavy (non-hydrogen) atoms. The molecule has 0 saturated carbocycles. The molecule has 0 aliphatic carbocycles. The van der Waals surface area contributed by atoms with E-state index in [1.54, 1.807) is 12.1 Å². The summed E-state index contributed by atoms with van der Waals surface area (Å²) < 4.78 is 26.6. The lowest BCUT2D eigenvalue weighted by Gasteiger charge is -2.31. The third-order valence-electron chi connectivity index (χ3n) is 10.4. The first-order chi connectivity index (χ1) is 33.1. The first kappa shape index (κ1) is 49.5. The van der Waals surface area contributed by atoms with Crippen molar-refractivity contribution in [2.24, 2.45) is 0 Å². The lowest BCUT2D eigenvalue weighted by molar-refractivity contribution is -0.142. The molecule has 1 aliphatic heterocycles. The Labute approximate surface area is 397 Å². The van der Waals surface area contributed by atoms with E-state index in [0.29, 0.717) is 112 Å². The Kier molecular flexibility index (Phi) is 18.7. The van der Waals surface area contributed by atoms with Gasteiger partial charge in [0.15, 0.2) is 0 Å². The summed E-state index contributed by atoms with van der Waals surface area (Å²) in [6.45, 7) is 4.47. The molecule has 4 heterocycles. The minimum atomic E-state index is -0.591. The Hall–Kier alpha value is -7.98. The highest BCUT2D eigenvalue weighted by Crippen LogP contribution is 2.18. The van der Waals surface area contributed by atoms with E-state index in [0.717, 1.165) is 22.5 Å². The molecule has 0 amide bonds. The van der Waals surface area contributed by atoms with Crippen molar-refractivity contribution in [2.45, 2.75) is 39.0 Å². The standard InChI is InChI=1S/C54H52N6O8/c1-6-8-29-67-48-21-17-40(18-22-48)13-15-42-31-46(56-50(33-42)53(62)65-4)37-58-25-27-59(35-44-11-10-12-45(55-44)36-60(28-26-58)39-52(61)64-3)38-47-32-43(34-51(57-47)54(63)66-5)16-14-41-19-23-49(24-20-41)68-30-9-7-2/h1-2,10-12,17-24,31-34H,8-9,25-30,35-39H2,3-5H3. The fourth-order valence-corrected chi connectivity index (χ4v) is 7.05. The number of hydrogen-bond acceptors (Lipinski definition) is 14. The summed E-state index contributed by atoms with van der Waals surface area (Å²) in [4.78, 5) is 59.3. The van der Waals surface area contributed by atoms with Crippen LogP contribution in [-0.2, 0) is 45.2 Å². The molecule has 14 nitrogen and oxygen atoms in total. The van der Waals surface area contributed by atoms with Gasteiger partial charge in [0.05, 0.1) is 63.9 Å². The van der Waals surface area contributed by atoms with Crippen molar-refractivity contribution in [3.63, 3.8) is 0 Å². The maximum atomic E-state index is 12.9. The largest absolute Gasteiger partial charge is 0.493 e. The monoisotopic (exact) mass is 912 g/mol. The zero-order valence-electron chi connectivity index (χ0n) is 38.5. The molecule has 2 aromatic carbocycles. The van der Waals surface area contributed by atoms with E-state index in [4.69, 9.17) is 51.5 Å². The third kappa shape index (κ3) is 15.6. The van der Waals surface area contributed by atoms with E-state index < -0.39 is 11.9 Å². The molecule has 5 aromatic rings. The van der Waals surface area contributed by atoms with Crippen molar-refractivity contribution in [2.75, 3.05) is 67.3 Å². The summed E-state index contributed by atoms with van der Waals surface area (Å²) in [5.74, 6) is 17.7. The normalized spacial score (nSPS) is 13.0. The molecule has 0 saturated heterocycles. The fourth-order valence-electron chi connectivity index (χ4n) is 7.05. The summed E-state index contributed by atoms with van der Waals surface area (Å²) in [5.41, 5.74) is 5.73. The minimum Gasteiger partial charge on any atom is -0.493 e. The van der Waals surface area contributed by atoms with Crippen molar-refractivity contribution >= 4 is 17.9 Å². The van der Waals surface area contributed by atoms with Crippen molar-refractivity contribution < 1.29 is 38.1 Å². The van der Waals surface area contributed by atoms with Crippen LogP contribution >= 0.6 is 0 Å². The number of rotatable bonds is 14. The summed E-state index contributed by atoms with van der Waals surface area (Å²) >= 11 is 0. The second kappa shape index (κ2) is 25.6. The molecule has 1 aliphatic rings. The van der Waals surface area contributed by atoms with Gasteiger partial charge in [-0.2, -0.15) is 0 Å². The molecule has 2 bridgehead atoms. The number of esters is 3. The maximum Gasteiger partial charge on any atom is 0.356 e. The Balaban J connectivity index is 1.29. The smallest absolute Gasteiger partial charge is 0.356 e. The van der Waals surface area contributed by atoms with E-state index >= 15 is 0 Å². The quantitative estimate of drug-likeness (QED) is 0.0595. The van der Waals surface area contributed by atoms with Gasteiger partial charge in [-0.05, 0) is 84.9 Å². The third-order valence-corrected chi connectivity index (χ3v) is 10.4.